The molecule has 118 valence electrons. The number of hydrogen-bond donors (Lipinski definition) is 1. The first-order chi connectivity index (χ1) is 10.3. The Hall–Kier alpha value is -1.06. The maximum absolute atomic E-state index is 5.83. The average molecular weight is 290 g/mol. The molecule has 3 heteroatoms. The molecule has 1 aromatic carbocycles. The van der Waals surface area contributed by atoms with E-state index in [9.17, 15) is 0 Å². The van der Waals surface area contributed by atoms with E-state index in [-0.39, 0.29) is 0 Å². The molecule has 0 aliphatic carbocycles. The van der Waals surface area contributed by atoms with Crippen molar-refractivity contribution in [1.82, 2.24) is 10.2 Å². The molecule has 1 unspecified atom stereocenters. The first-order valence-electron chi connectivity index (χ1n) is 8.45. The van der Waals surface area contributed by atoms with Crippen LogP contribution in [0.4, 0.5) is 0 Å². The normalized spacial score (nSPS) is 17.0. The maximum atomic E-state index is 5.83. The lowest BCUT2D eigenvalue weighted by molar-refractivity contribution is 0.263. The van der Waals surface area contributed by atoms with Crippen LogP contribution in [0.15, 0.2) is 24.3 Å². The maximum Gasteiger partial charge on any atom is 0.119 e. The highest BCUT2D eigenvalue weighted by atomic mass is 16.5. The zero-order chi connectivity index (χ0) is 14.9. The van der Waals surface area contributed by atoms with Gasteiger partial charge in [0.05, 0.1) is 6.61 Å². The number of nitrogens with one attached hydrogen (secondary N) is 1. The van der Waals surface area contributed by atoms with E-state index in [2.05, 4.69) is 48.3 Å². The Labute approximate surface area is 129 Å². The van der Waals surface area contributed by atoms with Crippen LogP contribution in [0.5, 0.6) is 5.75 Å². The Morgan fingerprint density at radius 2 is 1.90 bits per heavy atom. The number of rotatable bonds is 9. The summed E-state index contributed by atoms with van der Waals surface area (Å²) < 4.78 is 5.83. The molecule has 1 N–H and O–H groups in total. The summed E-state index contributed by atoms with van der Waals surface area (Å²) in [6.45, 7) is 9.96. The van der Waals surface area contributed by atoms with E-state index in [0.717, 1.165) is 31.7 Å². The van der Waals surface area contributed by atoms with Crippen LogP contribution in [0, 0.1) is 0 Å². The Bertz CT molecular complexity index is 385. The van der Waals surface area contributed by atoms with E-state index in [4.69, 9.17) is 4.74 Å². The van der Waals surface area contributed by atoms with Crippen molar-refractivity contribution in [2.75, 3.05) is 32.8 Å². The van der Waals surface area contributed by atoms with Crippen molar-refractivity contribution in [3.8, 4) is 5.75 Å². The zero-order valence-electron chi connectivity index (χ0n) is 13.6. The number of benzene rings is 1. The summed E-state index contributed by atoms with van der Waals surface area (Å²) in [5.41, 5.74) is 1.37. The average Bonchev–Trinajstić information content (AvgIpc) is 2.99. The van der Waals surface area contributed by atoms with Crippen molar-refractivity contribution in [3.05, 3.63) is 29.8 Å². The van der Waals surface area contributed by atoms with Gasteiger partial charge in [0, 0.05) is 12.6 Å². The molecule has 0 radical (unpaired) electrons. The third kappa shape index (κ3) is 6.06. The molecule has 1 aliphatic rings. The second kappa shape index (κ2) is 9.06. The fraction of sp³-hybridized carbons (Fsp3) is 0.667. The van der Waals surface area contributed by atoms with Gasteiger partial charge in [-0.15, -0.1) is 0 Å². The monoisotopic (exact) mass is 290 g/mol. The first kappa shape index (κ1) is 16.3. The molecule has 1 aliphatic heterocycles. The van der Waals surface area contributed by atoms with E-state index in [1.165, 1.54) is 38.0 Å². The summed E-state index contributed by atoms with van der Waals surface area (Å²) in [6, 6.07) is 9.10. The van der Waals surface area contributed by atoms with Crippen molar-refractivity contribution in [2.45, 2.75) is 45.6 Å². The van der Waals surface area contributed by atoms with Gasteiger partial charge in [-0.1, -0.05) is 19.1 Å². The second-order valence-electron chi connectivity index (χ2n) is 6.06. The highest BCUT2D eigenvalue weighted by molar-refractivity contribution is 5.27. The minimum Gasteiger partial charge on any atom is -0.494 e. The van der Waals surface area contributed by atoms with Gasteiger partial charge in [0.25, 0.3) is 0 Å². The molecule has 1 saturated heterocycles. The number of nitrogens with zero attached hydrogens (tertiary/aromatic N) is 1. The molecule has 0 spiro atoms. The fourth-order valence-electron chi connectivity index (χ4n) is 2.98. The standard InChI is InChI=1S/C18H30N2O/c1-3-19-16(2)15-17-7-9-18(10-8-17)21-14-6-13-20-11-4-5-12-20/h7-10,16,19H,3-6,11-15H2,1-2H3. The van der Waals surface area contributed by atoms with Gasteiger partial charge >= 0.3 is 0 Å². The minimum atomic E-state index is 0.530. The van der Waals surface area contributed by atoms with E-state index in [1.807, 2.05) is 0 Å². The van der Waals surface area contributed by atoms with Crippen LogP contribution in [0.1, 0.15) is 38.7 Å². The predicted octanol–water partition coefficient (Wildman–Crippen LogP) is 3.09. The van der Waals surface area contributed by atoms with Gasteiger partial charge < -0.3 is 15.0 Å². The molecule has 2 rings (SSSR count). The van der Waals surface area contributed by atoms with Crippen LogP contribution >= 0.6 is 0 Å². The van der Waals surface area contributed by atoms with Gasteiger partial charge in [0.1, 0.15) is 5.75 Å². The van der Waals surface area contributed by atoms with Gasteiger partial charge in [-0.3, -0.25) is 0 Å². The zero-order valence-corrected chi connectivity index (χ0v) is 13.6. The molecule has 1 atom stereocenters. The van der Waals surface area contributed by atoms with Crippen molar-refractivity contribution < 1.29 is 4.74 Å². The number of likely N-dealkylation sites (tertiary alicyclic amines) is 1. The Kier molecular flexibility index (Phi) is 7.04. The highest BCUT2D eigenvalue weighted by Gasteiger charge is 2.10. The van der Waals surface area contributed by atoms with Gasteiger partial charge in [0.15, 0.2) is 0 Å². The largest absolute Gasteiger partial charge is 0.494 e. The molecule has 0 amide bonds. The molecule has 21 heavy (non-hydrogen) atoms. The molecule has 0 bridgehead atoms. The van der Waals surface area contributed by atoms with E-state index in [0.29, 0.717) is 6.04 Å². The molecule has 1 aromatic rings. The smallest absolute Gasteiger partial charge is 0.119 e. The van der Waals surface area contributed by atoms with E-state index >= 15 is 0 Å². The first-order valence-corrected chi connectivity index (χ1v) is 8.45. The van der Waals surface area contributed by atoms with E-state index in [1.54, 1.807) is 0 Å². The molecule has 0 aromatic heterocycles. The van der Waals surface area contributed by atoms with Crippen LogP contribution in [-0.2, 0) is 6.42 Å². The van der Waals surface area contributed by atoms with Crippen LogP contribution < -0.4 is 10.1 Å². The summed E-state index contributed by atoms with van der Waals surface area (Å²) in [4.78, 5) is 2.54. The van der Waals surface area contributed by atoms with Gasteiger partial charge in [0.2, 0.25) is 0 Å². The third-order valence-corrected chi connectivity index (χ3v) is 4.10. The van der Waals surface area contributed by atoms with Crippen LogP contribution in [0.2, 0.25) is 0 Å². The lowest BCUT2D eigenvalue weighted by Gasteiger charge is -2.15. The summed E-state index contributed by atoms with van der Waals surface area (Å²) >= 11 is 0. The molecular weight excluding hydrogens is 260 g/mol. The van der Waals surface area contributed by atoms with E-state index < -0.39 is 0 Å². The Morgan fingerprint density at radius 3 is 2.57 bits per heavy atom. The molecule has 0 saturated carbocycles. The van der Waals surface area contributed by atoms with Crippen molar-refractivity contribution in [3.63, 3.8) is 0 Å². The lowest BCUT2D eigenvalue weighted by atomic mass is 10.1. The Morgan fingerprint density at radius 1 is 1.19 bits per heavy atom. The predicted molar refractivity (Wildman–Crippen MR) is 89.1 cm³/mol. The fourth-order valence-corrected chi connectivity index (χ4v) is 2.98. The van der Waals surface area contributed by atoms with Crippen molar-refractivity contribution in [1.29, 1.82) is 0 Å². The minimum absolute atomic E-state index is 0.530. The third-order valence-electron chi connectivity index (χ3n) is 4.10. The van der Waals surface area contributed by atoms with Gasteiger partial charge in [-0.05, 0) is 69.9 Å². The topological polar surface area (TPSA) is 24.5 Å². The van der Waals surface area contributed by atoms with Crippen LogP contribution in [-0.4, -0.2) is 43.7 Å². The number of likely N-dealkylation sites (N-methyl/N-ethyl adjacent to an activating group) is 1. The molecule has 3 nitrogen and oxygen atoms in total. The van der Waals surface area contributed by atoms with Crippen LogP contribution in [0.3, 0.4) is 0 Å². The lowest BCUT2D eigenvalue weighted by Crippen LogP contribution is -2.27. The molecule has 1 heterocycles. The van der Waals surface area contributed by atoms with Gasteiger partial charge in [-0.25, -0.2) is 0 Å². The van der Waals surface area contributed by atoms with Crippen molar-refractivity contribution in [2.24, 2.45) is 0 Å². The summed E-state index contributed by atoms with van der Waals surface area (Å²) in [5.74, 6) is 0.997. The Balaban J connectivity index is 1.64. The highest BCUT2D eigenvalue weighted by Crippen LogP contribution is 2.14. The number of ether oxygens (including phenoxy) is 1. The summed E-state index contributed by atoms with van der Waals surface area (Å²) in [5, 5.41) is 3.44. The summed E-state index contributed by atoms with van der Waals surface area (Å²) in [6.07, 6.45) is 4.93. The van der Waals surface area contributed by atoms with Crippen LogP contribution in [0.25, 0.3) is 0 Å². The number of hydrogen-bond acceptors (Lipinski definition) is 3. The van der Waals surface area contributed by atoms with Gasteiger partial charge in [-0.2, -0.15) is 0 Å². The molecular formula is C18H30N2O. The quantitative estimate of drug-likeness (QED) is 0.707. The SMILES string of the molecule is CCNC(C)Cc1ccc(OCCCN2CCCC2)cc1. The second-order valence-corrected chi connectivity index (χ2v) is 6.06. The van der Waals surface area contributed by atoms with Crippen molar-refractivity contribution >= 4 is 0 Å². The summed E-state index contributed by atoms with van der Waals surface area (Å²) in [7, 11) is 0. The molecule has 1 fully saturated rings.